The Bertz CT molecular complexity index is 298. The molecule has 1 rings (SSSR count). The predicted molar refractivity (Wildman–Crippen MR) is 67.1 cm³/mol. The highest BCUT2D eigenvalue weighted by Gasteiger charge is 2.25. The Labute approximate surface area is 104 Å². The second-order valence-corrected chi connectivity index (χ2v) is 7.20. The van der Waals surface area contributed by atoms with Gasteiger partial charge in [-0.25, -0.2) is 8.42 Å². The number of rotatable bonds is 5. The molecule has 0 aromatic rings. The molecule has 0 unspecified atom stereocenters. The van der Waals surface area contributed by atoms with Crippen molar-refractivity contribution in [1.29, 1.82) is 0 Å². The summed E-state index contributed by atoms with van der Waals surface area (Å²) in [6, 6.07) is 0. The van der Waals surface area contributed by atoms with Gasteiger partial charge in [-0.05, 0) is 18.9 Å². The summed E-state index contributed by atoms with van der Waals surface area (Å²) in [7, 11) is -3.20. The van der Waals surface area contributed by atoms with E-state index in [-0.39, 0.29) is 5.21 Å². The van der Waals surface area contributed by atoms with E-state index in [2.05, 4.69) is 18.7 Å². The first-order valence-electron chi connectivity index (χ1n) is 5.72. The number of halogens is 1. The van der Waals surface area contributed by atoms with Crippen molar-refractivity contribution in [3.05, 3.63) is 0 Å². The quantitative estimate of drug-likeness (QED) is 0.703. The van der Waals surface area contributed by atoms with Gasteiger partial charge in [0.25, 0.3) is 0 Å². The number of piperazine rings is 1. The molecular weight excluding hydrogens is 248 g/mol. The summed E-state index contributed by atoms with van der Waals surface area (Å²) in [5.41, 5.74) is 0. The molecular formula is C10H21ClN2O2S. The fraction of sp³-hybridized carbons (Fsp3) is 1.00. The van der Waals surface area contributed by atoms with Gasteiger partial charge in [-0.1, -0.05) is 13.8 Å². The third-order valence-electron chi connectivity index (χ3n) is 2.89. The van der Waals surface area contributed by atoms with Gasteiger partial charge in [0.1, 0.15) is 5.21 Å². The first-order valence-corrected chi connectivity index (χ1v) is 7.86. The Morgan fingerprint density at radius 2 is 1.75 bits per heavy atom. The molecule has 0 atom stereocenters. The Hall–Kier alpha value is 0.160. The van der Waals surface area contributed by atoms with E-state index < -0.39 is 10.0 Å². The Balaban J connectivity index is 2.34. The lowest BCUT2D eigenvalue weighted by molar-refractivity contribution is 0.181. The van der Waals surface area contributed by atoms with Gasteiger partial charge in [0.05, 0.1) is 0 Å². The van der Waals surface area contributed by atoms with Gasteiger partial charge in [-0.15, -0.1) is 11.6 Å². The first kappa shape index (κ1) is 14.2. The maximum absolute atomic E-state index is 11.5. The smallest absolute Gasteiger partial charge is 0.228 e. The summed E-state index contributed by atoms with van der Waals surface area (Å²) in [4.78, 5) is 2.32. The molecule has 0 saturated carbocycles. The fourth-order valence-electron chi connectivity index (χ4n) is 1.74. The molecule has 0 bridgehead atoms. The molecule has 0 radical (unpaired) electrons. The average molecular weight is 269 g/mol. The van der Waals surface area contributed by atoms with Crippen LogP contribution in [0.1, 0.15) is 20.3 Å². The summed E-state index contributed by atoms with van der Waals surface area (Å²) < 4.78 is 24.5. The monoisotopic (exact) mass is 268 g/mol. The maximum atomic E-state index is 11.5. The zero-order valence-corrected chi connectivity index (χ0v) is 11.6. The van der Waals surface area contributed by atoms with Gasteiger partial charge >= 0.3 is 0 Å². The highest BCUT2D eigenvalue weighted by Crippen LogP contribution is 2.10. The second kappa shape index (κ2) is 6.19. The van der Waals surface area contributed by atoms with Crippen LogP contribution in [-0.2, 0) is 10.0 Å². The number of nitrogens with zero attached hydrogens (tertiary/aromatic N) is 2. The molecule has 0 amide bonds. The minimum absolute atomic E-state index is 0.307. The lowest BCUT2D eigenvalue weighted by atomic mass is 10.1. The van der Waals surface area contributed by atoms with Crippen molar-refractivity contribution >= 4 is 21.6 Å². The normalized spacial score (nSPS) is 20.5. The molecule has 1 aliphatic heterocycles. The van der Waals surface area contributed by atoms with Crippen LogP contribution in [0.25, 0.3) is 0 Å². The van der Waals surface area contributed by atoms with E-state index in [9.17, 15) is 8.42 Å². The second-order valence-electron chi connectivity index (χ2n) is 4.64. The van der Waals surface area contributed by atoms with Gasteiger partial charge in [-0.2, -0.15) is 4.31 Å². The minimum Gasteiger partial charge on any atom is -0.301 e. The molecule has 0 aromatic carbocycles. The zero-order valence-electron chi connectivity index (χ0n) is 10.0. The van der Waals surface area contributed by atoms with Gasteiger partial charge in [0.2, 0.25) is 10.0 Å². The SMILES string of the molecule is CC(C)CCN1CCN(S(=O)(=O)CCl)CC1. The fourth-order valence-corrected chi connectivity index (χ4v) is 3.01. The van der Waals surface area contributed by atoms with E-state index in [1.807, 2.05) is 0 Å². The third-order valence-corrected chi connectivity index (χ3v) is 5.14. The standard InChI is InChI=1S/C10H21ClN2O2S/c1-10(2)3-4-12-5-7-13(8-6-12)16(14,15)9-11/h10H,3-9H2,1-2H3. The topological polar surface area (TPSA) is 40.6 Å². The Morgan fingerprint density at radius 1 is 1.19 bits per heavy atom. The Kier molecular flexibility index (Phi) is 5.50. The predicted octanol–water partition coefficient (Wildman–Crippen LogP) is 1.18. The van der Waals surface area contributed by atoms with Crippen molar-refractivity contribution in [2.75, 3.05) is 37.9 Å². The van der Waals surface area contributed by atoms with Gasteiger partial charge in [0, 0.05) is 26.2 Å². The third kappa shape index (κ3) is 4.20. The van der Waals surface area contributed by atoms with Crippen molar-refractivity contribution in [2.24, 2.45) is 5.92 Å². The molecule has 96 valence electrons. The number of alkyl halides is 1. The van der Waals surface area contributed by atoms with Crippen molar-refractivity contribution in [2.45, 2.75) is 20.3 Å². The molecule has 4 nitrogen and oxygen atoms in total. The summed E-state index contributed by atoms with van der Waals surface area (Å²) in [6.07, 6.45) is 1.17. The molecule has 1 fully saturated rings. The van der Waals surface area contributed by atoms with Crippen LogP contribution < -0.4 is 0 Å². The van der Waals surface area contributed by atoms with E-state index in [4.69, 9.17) is 11.6 Å². The van der Waals surface area contributed by atoms with Crippen molar-refractivity contribution in [3.63, 3.8) is 0 Å². The molecule has 0 aliphatic carbocycles. The van der Waals surface area contributed by atoms with Crippen molar-refractivity contribution < 1.29 is 8.42 Å². The Morgan fingerprint density at radius 3 is 2.19 bits per heavy atom. The molecule has 0 N–H and O–H groups in total. The maximum Gasteiger partial charge on any atom is 0.228 e. The van der Waals surface area contributed by atoms with E-state index >= 15 is 0 Å². The van der Waals surface area contributed by atoms with E-state index in [0.29, 0.717) is 19.0 Å². The highest BCUT2D eigenvalue weighted by molar-refractivity contribution is 7.90. The lowest BCUT2D eigenvalue weighted by Crippen LogP contribution is -2.49. The molecule has 1 aliphatic rings. The lowest BCUT2D eigenvalue weighted by Gasteiger charge is -2.33. The van der Waals surface area contributed by atoms with Crippen LogP contribution in [0.5, 0.6) is 0 Å². The van der Waals surface area contributed by atoms with E-state index in [0.717, 1.165) is 19.6 Å². The summed E-state index contributed by atoms with van der Waals surface area (Å²) >= 11 is 5.42. The molecule has 16 heavy (non-hydrogen) atoms. The summed E-state index contributed by atoms with van der Waals surface area (Å²) in [5.74, 6) is 0.699. The number of hydrogen-bond acceptors (Lipinski definition) is 3. The van der Waals surface area contributed by atoms with E-state index in [1.54, 1.807) is 0 Å². The molecule has 1 heterocycles. The minimum atomic E-state index is -3.20. The molecule has 1 saturated heterocycles. The van der Waals surface area contributed by atoms with Crippen LogP contribution in [0.2, 0.25) is 0 Å². The first-order chi connectivity index (χ1) is 7.45. The van der Waals surface area contributed by atoms with Crippen LogP contribution in [0.4, 0.5) is 0 Å². The number of sulfonamides is 1. The molecule has 6 heteroatoms. The van der Waals surface area contributed by atoms with Gasteiger partial charge < -0.3 is 4.90 Å². The molecule has 0 aromatic heterocycles. The van der Waals surface area contributed by atoms with Crippen LogP contribution in [0, 0.1) is 5.92 Å². The van der Waals surface area contributed by atoms with Crippen molar-refractivity contribution in [3.8, 4) is 0 Å². The zero-order chi connectivity index (χ0) is 12.2. The van der Waals surface area contributed by atoms with Gasteiger partial charge in [-0.3, -0.25) is 0 Å². The summed E-state index contributed by atoms with van der Waals surface area (Å²) in [5, 5.41) is -0.307. The van der Waals surface area contributed by atoms with Crippen molar-refractivity contribution in [1.82, 2.24) is 9.21 Å². The summed E-state index contributed by atoms with van der Waals surface area (Å²) in [6.45, 7) is 8.26. The van der Waals surface area contributed by atoms with E-state index in [1.165, 1.54) is 10.7 Å². The molecule has 0 spiro atoms. The van der Waals surface area contributed by atoms with Crippen LogP contribution >= 0.6 is 11.6 Å². The average Bonchev–Trinajstić information content (AvgIpc) is 2.27. The van der Waals surface area contributed by atoms with Crippen LogP contribution in [0.3, 0.4) is 0 Å². The van der Waals surface area contributed by atoms with Crippen LogP contribution in [-0.4, -0.2) is 55.6 Å². The largest absolute Gasteiger partial charge is 0.301 e. The van der Waals surface area contributed by atoms with Gasteiger partial charge in [0.15, 0.2) is 0 Å². The van der Waals surface area contributed by atoms with Crippen LogP contribution in [0.15, 0.2) is 0 Å². The number of hydrogen-bond donors (Lipinski definition) is 0. The highest BCUT2D eigenvalue weighted by atomic mass is 35.5.